The van der Waals surface area contributed by atoms with Crippen molar-refractivity contribution in [3.8, 4) is 0 Å². The molecule has 0 aromatic carbocycles. The van der Waals surface area contributed by atoms with Gasteiger partial charge in [-0.05, 0) is 11.8 Å². The van der Waals surface area contributed by atoms with Crippen LogP contribution in [0.25, 0.3) is 0 Å². The molecule has 2 aliphatic rings. The van der Waals surface area contributed by atoms with Crippen LogP contribution in [0.4, 0.5) is 0 Å². The van der Waals surface area contributed by atoms with Crippen LogP contribution in [-0.4, -0.2) is 0 Å². The van der Waals surface area contributed by atoms with Gasteiger partial charge in [0.05, 0.1) is 0 Å². The average Bonchev–Trinajstić information content (AvgIpc) is 3.35. The van der Waals surface area contributed by atoms with Gasteiger partial charge in [-0.3, -0.25) is 0 Å². The fourth-order valence-corrected chi connectivity index (χ4v) is 1.22. The normalized spacial score (nSPS) is 7.55. The van der Waals surface area contributed by atoms with E-state index in [-0.39, 0.29) is 0 Å². The van der Waals surface area contributed by atoms with Crippen LogP contribution >= 0.6 is 0 Å². The lowest BCUT2D eigenvalue weighted by atomic mass is 9.88. The Bertz CT molecular complexity index is 100. The molecule has 0 heteroatoms. The largest absolute Gasteiger partial charge is 0.0683 e. The van der Waals surface area contributed by atoms with Crippen LogP contribution in [0.2, 0.25) is 0 Å². The molecule has 392 valence electrons. The van der Waals surface area contributed by atoms with Crippen LogP contribution in [0.1, 0.15) is 383 Å². The number of hydrogen-bond donors (Lipinski definition) is 0. The van der Waals surface area contributed by atoms with Crippen molar-refractivity contribution >= 4 is 0 Å². The van der Waals surface area contributed by atoms with Gasteiger partial charge >= 0.3 is 0 Å². The minimum atomic E-state index is 1.06. The van der Waals surface area contributed by atoms with E-state index in [9.17, 15) is 0 Å². The summed E-state index contributed by atoms with van der Waals surface area (Å²) in [4.78, 5) is 0. The first kappa shape index (κ1) is 145. The van der Waals surface area contributed by atoms with Gasteiger partial charge in [0.25, 0.3) is 0 Å². The molecule has 2 rings (SSSR count). The molecule has 0 nitrogen and oxygen atoms in total. The van der Waals surface area contributed by atoms with Crippen molar-refractivity contribution in [2.45, 2.75) is 383 Å². The highest BCUT2D eigenvalue weighted by atomic mass is 14.2. The summed E-state index contributed by atoms with van der Waals surface area (Å²) >= 11 is 0. The fourth-order valence-electron chi connectivity index (χ4n) is 1.22. The Balaban J connectivity index is -0.0000000118. The van der Waals surface area contributed by atoms with E-state index in [1.165, 1.54) is 64.2 Å². The summed E-state index contributed by atoms with van der Waals surface area (Å²) in [5, 5.41) is 0. The molecule has 2 saturated carbocycles. The second-order valence-corrected chi connectivity index (χ2v) is 6.90. The molecule has 0 bridgehead atoms. The van der Waals surface area contributed by atoms with E-state index in [0.29, 0.717) is 0 Å². The van der Waals surface area contributed by atoms with Crippen LogP contribution in [-0.2, 0) is 0 Å². The molecule has 2 fully saturated rings. The first-order valence-corrected chi connectivity index (χ1v) is 28.4. The summed E-state index contributed by atoms with van der Waals surface area (Å²) in [5.74, 6) is 2.13. The molecular weight excluding hydrogens is 697 g/mol. The van der Waals surface area contributed by atoms with E-state index < -0.39 is 0 Å². The van der Waals surface area contributed by atoms with Gasteiger partial charge in [0.1, 0.15) is 0 Å². The van der Waals surface area contributed by atoms with E-state index in [2.05, 4.69) is 69.2 Å². The predicted octanol–water partition coefficient (Wildman–Crippen LogP) is 27.7. The zero-order valence-corrected chi connectivity index (χ0v) is 54.2. The van der Waals surface area contributed by atoms with Crippen LogP contribution in [0.3, 0.4) is 0 Å². The first-order valence-electron chi connectivity index (χ1n) is 28.4. The molecule has 0 atom stereocenters. The maximum atomic E-state index is 2.31. The van der Waals surface area contributed by atoms with Crippen molar-refractivity contribution in [1.29, 1.82) is 0 Å². The Morgan fingerprint density at radius 3 is 0.224 bits per heavy atom. The summed E-state index contributed by atoms with van der Waals surface area (Å²) in [6.45, 7) is 93.6. The minimum absolute atomic E-state index is 1.06. The molecule has 0 radical (unpaired) electrons. The zero-order chi connectivity index (χ0) is 54.2. The smallest absolute Gasteiger partial charge is 0.0443 e. The highest BCUT2D eigenvalue weighted by molar-refractivity contribution is 4.62. The van der Waals surface area contributed by atoms with Gasteiger partial charge in [-0.15, -0.1) is 0 Å². The molecular formula is C58H160. The molecule has 58 heavy (non-hydrogen) atoms. The van der Waals surface area contributed by atoms with Crippen LogP contribution in [0.15, 0.2) is 0 Å². The molecule has 0 spiro atoms. The lowest BCUT2D eigenvalue weighted by molar-refractivity contribution is 0.346. The molecule has 0 aromatic heterocycles. The van der Waals surface area contributed by atoms with Crippen LogP contribution < -0.4 is 0 Å². The standard InChI is InChI=1S/2C5H10.4C3H8.18C2H6/c2*1-5-3-2-4-5;4*1-3-2;18*1-2/h2*5H,2-4H2,1H3;4*3H2,1-2H3;18*1-2H3. The van der Waals surface area contributed by atoms with Crippen LogP contribution in [0, 0.1) is 11.8 Å². The quantitative estimate of drug-likeness (QED) is 0.228. The van der Waals surface area contributed by atoms with Crippen molar-refractivity contribution in [1.82, 2.24) is 0 Å². The molecule has 0 saturated heterocycles. The third kappa shape index (κ3) is 1180. The first-order chi connectivity index (χ1) is 28.4. The molecule has 0 aromatic rings. The lowest BCUT2D eigenvalue weighted by Crippen LogP contribution is -2.04. The van der Waals surface area contributed by atoms with E-state index in [4.69, 9.17) is 0 Å². The predicted molar refractivity (Wildman–Crippen MR) is 314 cm³/mol. The second-order valence-electron chi connectivity index (χ2n) is 6.90. The zero-order valence-electron chi connectivity index (χ0n) is 54.2. The maximum absolute atomic E-state index is 2.31. The van der Waals surface area contributed by atoms with E-state index in [1.54, 1.807) is 0 Å². The SMILES string of the molecule is CC.CC.CC.CC.CC.CC.CC.CC.CC.CC.CC.CC.CC.CC.CC.CC.CC.CC.CC1CCC1.CC1CCC1.CCC.CCC.CCC.CCC. The highest BCUT2D eigenvalue weighted by Gasteiger charge is 2.09. The third-order valence-corrected chi connectivity index (χ3v) is 2.79. The molecule has 0 unspecified atom stereocenters. The minimum Gasteiger partial charge on any atom is -0.0683 e. The van der Waals surface area contributed by atoms with E-state index in [0.717, 1.165) is 11.8 Å². The van der Waals surface area contributed by atoms with Gasteiger partial charge in [-0.25, -0.2) is 0 Å². The third-order valence-electron chi connectivity index (χ3n) is 2.79. The monoisotopic (exact) mass is 857 g/mol. The number of hydrogen-bond acceptors (Lipinski definition) is 0. The van der Waals surface area contributed by atoms with E-state index >= 15 is 0 Å². The van der Waals surface area contributed by atoms with Crippen molar-refractivity contribution in [3.05, 3.63) is 0 Å². The summed E-state index contributed by atoms with van der Waals surface area (Å²) in [6.07, 6.45) is 13.9. The van der Waals surface area contributed by atoms with Crippen molar-refractivity contribution in [2.24, 2.45) is 11.8 Å². The van der Waals surface area contributed by atoms with Gasteiger partial charge in [0.2, 0.25) is 0 Å². The summed E-state index contributed by atoms with van der Waals surface area (Å²) < 4.78 is 0. The van der Waals surface area contributed by atoms with Gasteiger partial charge in [0, 0.05) is 0 Å². The second kappa shape index (κ2) is 698. The van der Waals surface area contributed by atoms with Gasteiger partial charge in [0.15, 0.2) is 0 Å². The van der Waals surface area contributed by atoms with Gasteiger partial charge in [-0.2, -0.15) is 0 Å². The summed E-state index contributed by atoms with van der Waals surface area (Å²) in [7, 11) is 0. The van der Waals surface area contributed by atoms with Crippen LogP contribution in [0.5, 0.6) is 0 Å². The molecule has 2 aliphatic carbocycles. The maximum Gasteiger partial charge on any atom is -0.0443 e. The Kier molecular flexibility index (Phi) is 1750. The molecule has 0 N–H and O–H groups in total. The Morgan fingerprint density at radius 1 is 0.190 bits per heavy atom. The Hall–Kier alpha value is 0. The number of rotatable bonds is 0. The Morgan fingerprint density at radius 2 is 0.224 bits per heavy atom. The summed E-state index contributed by atoms with van der Waals surface area (Å²) in [6, 6.07) is 0. The fraction of sp³-hybridized carbons (Fsp3) is 1.00. The van der Waals surface area contributed by atoms with E-state index in [1.807, 2.05) is 249 Å². The summed E-state index contributed by atoms with van der Waals surface area (Å²) in [5.41, 5.74) is 0. The van der Waals surface area contributed by atoms with Gasteiger partial charge < -0.3 is 0 Å². The average molecular weight is 858 g/mol. The molecule has 0 amide bonds. The highest BCUT2D eigenvalue weighted by Crippen LogP contribution is 2.24. The van der Waals surface area contributed by atoms with Crippen molar-refractivity contribution in [2.75, 3.05) is 0 Å². The molecule has 0 heterocycles. The van der Waals surface area contributed by atoms with Crippen molar-refractivity contribution < 1.29 is 0 Å². The van der Waals surface area contributed by atoms with Gasteiger partial charge in [-0.1, -0.05) is 383 Å². The Labute approximate surface area is 393 Å². The van der Waals surface area contributed by atoms with Crippen molar-refractivity contribution in [3.63, 3.8) is 0 Å². The lowest BCUT2D eigenvalue weighted by Gasteiger charge is -2.18. The molecule has 0 aliphatic heterocycles. The topological polar surface area (TPSA) is 0 Å².